The number of nitrogens with one attached hydrogen (secondary N) is 1. The Morgan fingerprint density at radius 1 is 1.14 bits per heavy atom. The van der Waals surface area contributed by atoms with E-state index >= 15 is 0 Å². The van der Waals surface area contributed by atoms with Crippen LogP contribution in [0.25, 0.3) is 0 Å². The van der Waals surface area contributed by atoms with Gasteiger partial charge in [-0.25, -0.2) is 13.1 Å². The number of nitrogens with two attached hydrogens (primary N) is 1. The summed E-state index contributed by atoms with van der Waals surface area (Å²) >= 11 is 0. The van der Waals surface area contributed by atoms with Crippen molar-refractivity contribution in [1.82, 2.24) is 4.72 Å². The molecule has 2 rings (SSSR count). The molecule has 0 saturated heterocycles. The van der Waals surface area contributed by atoms with Crippen molar-refractivity contribution in [3.05, 3.63) is 29.8 Å². The van der Waals surface area contributed by atoms with Gasteiger partial charge in [0.1, 0.15) is 0 Å². The molecule has 0 aliphatic heterocycles. The SMILES string of the molecule is CC1(CNS(=O)(=O)c2ccc(CCN)cc2)CCCCC1. The van der Waals surface area contributed by atoms with Crippen molar-refractivity contribution in [2.75, 3.05) is 13.1 Å². The van der Waals surface area contributed by atoms with Crippen LogP contribution in [0.1, 0.15) is 44.6 Å². The highest BCUT2D eigenvalue weighted by Crippen LogP contribution is 2.35. The summed E-state index contributed by atoms with van der Waals surface area (Å²) in [4.78, 5) is 0.336. The fourth-order valence-corrected chi connectivity index (χ4v) is 4.14. The summed E-state index contributed by atoms with van der Waals surface area (Å²) in [5.74, 6) is 0. The van der Waals surface area contributed by atoms with Crippen LogP contribution in [0.2, 0.25) is 0 Å². The molecule has 0 atom stereocenters. The summed E-state index contributed by atoms with van der Waals surface area (Å²) in [5.41, 5.74) is 6.67. The largest absolute Gasteiger partial charge is 0.330 e. The Morgan fingerprint density at radius 2 is 1.76 bits per heavy atom. The lowest BCUT2D eigenvalue weighted by molar-refractivity contribution is 0.219. The van der Waals surface area contributed by atoms with Gasteiger partial charge in [-0.15, -0.1) is 0 Å². The third kappa shape index (κ3) is 4.53. The van der Waals surface area contributed by atoms with Crippen LogP contribution < -0.4 is 10.5 Å². The molecule has 1 saturated carbocycles. The Labute approximate surface area is 128 Å². The predicted molar refractivity (Wildman–Crippen MR) is 85.6 cm³/mol. The van der Waals surface area contributed by atoms with Gasteiger partial charge in [-0.1, -0.05) is 38.3 Å². The van der Waals surface area contributed by atoms with Crippen LogP contribution in [0.4, 0.5) is 0 Å². The number of sulfonamides is 1. The van der Waals surface area contributed by atoms with E-state index in [9.17, 15) is 8.42 Å². The molecule has 1 aromatic rings. The van der Waals surface area contributed by atoms with Crippen molar-refractivity contribution in [2.24, 2.45) is 11.1 Å². The van der Waals surface area contributed by atoms with Gasteiger partial charge in [-0.3, -0.25) is 0 Å². The maximum Gasteiger partial charge on any atom is 0.240 e. The van der Waals surface area contributed by atoms with Crippen LogP contribution in [0.15, 0.2) is 29.2 Å². The molecule has 3 N–H and O–H groups in total. The summed E-state index contributed by atoms with van der Waals surface area (Å²) in [6.45, 7) is 3.28. The maximum absolute atomic E-state index is 12.4. The van der Waals surface area contributed by atoms with Gasteiger partial charge in [0.2, 0.25) is 10.0 Å². The Morgan fingerprint density at radius 3 is 2.33 bits per heavy atom. The average Bonchev–Trinajstić information content (AvgIpc) is 2.47. The minimum absolute atomic E-state index is 0.102. The van der Waals surface area contributed by atoms with Crippen molar-refractivity contribution in [3.63, 3.8) is 0 Å². The molecule has 0 aromatic heterocycles. The Hall–Kier alpha value is -0.910. The second-order valence-corrected chi connectivity index (χ2v) is 8.15. The van der Waals surface area contributed by atoms with Crippen molar-refractivity contribution >= 4 is 10.0 Å². The van der Waals surface area contributed by atoms with Crippen LogP contribution in [-0.2, 0) is 16.4 Å². The number of rotatable bonds is 6. The van der Waals surface area contributed by atoms with E-state index in [1.165, 1.54) is 19.3 Å². The smallest absolute Gasteiger partial charge is 0.240 e. The first-order valence-electron chi connectivity index (χ1n) is 7.74. The fourth-order valence-electron chi connectivity index (χ4n) is 2.94. The minimum Gasteiger partial charge on any atom is -0.330 e. The van der Waals surface area contributed by atoms with Crippen LogP contribution in [0, 0.1) is 5.41 Å². The summed E-state index contributed by atoms with van der Waals surface area (Å²) in [5, 5.41) is 0. The van der Waals surface area contributed by atoms with E-state index < -0.39 is 10.0 Å². The van der Waals surface area contributed by atoms with Crippen LogP contribution in [0.5, 0.6) is 0 Å². The lowest BCUT2D eigenvalue weighted by Crippen LogP contribution is -2.37. The van der Waals surface area contributed by atoms with E-state index in [2.05, 4.69) is 11.6 Å². The second-order valence-electron chi connectivity index (χ2n) is 6.38. The molecule has 21 heavy (non-hydrogen) atoms. The van der Waals surface area contributed by atoms with Crippen LogP contribution in [-0.4, -0.2) is 21.5 Å². The van der Waals surface area contributed by atoms with Gasteiger partial charge < -0.3 is 5.73 Å². The van der Waals surface area contributed by atoms with Crippen LogP contribution >= 0.6 is 0 Å². The van der Waals surface area contributed by atoms with Crippen molar-refractivity contribution in [3.8, 4) is 0 Å². The molecule has 118 valence electrons. The molecule has 0 heterocycles. The normalized spacial score (nSPS) is 18.6. The molecule has 0 bridgehead atoms. The summed E-state index contributed by atoms with van der Waals surface area (Å²) in [6.07, 6.45) is 6.64. The lowest BCUT2D eigenvalue weighted by Gasteiger charge is -2.33. The summed E-state index contributed by atoms with van der Waals surface area (Å²) in [6, 6.07) is 7.00. The Balaban J connectivity index is 2.00. The third-order valence-electron chi connectivity index (χ3n) is 4.42. The number of hydrogen-bond donors (Lipinski definition) is 2. The highest BCUT2D eigenvalue weighted by Gasteiger charge is 2.28. The standard InChI is InChI=1S/C16H26N2O2S/c1-16(10-3-2-4-11-16)13-18-21(19,20)15-7-5-14(6-8-15)9-12-17/h5-8,18H,2-4,9-13,17H2,1H3. The Kier molecular flexibility index (Phi) is 5.41. The third-order valence-corrected chi connectivity index (χ3v) is 5.83. The molecule has 0 spiro atoms. The van der Waals surface area contributed by atoms with E-state index in [1.54, 1.807) is 12.1 Å². The predicted octanol–water partition coefficient (Wildman–Crippen LogP) is 2.44. The zero-order chi connectivity index (χ0) is 15.3. The fraction of sp³-hybridized carbons (Fsp3) is 0.625. The van der Waals surface area contributed by atoms with E-state index in [-0.39, 0.29) is 5.41 Å². The molecule has 1 aliphatic rings. The van der Waals surface area contributed by atoms with Gasteiger partial charge in [0.25, 0.3) is 0 Å². The molecule has 5 heteroatoms. The zero-order valence-corrected chi connectivity index (χ0v) is 13.6. The molecule has 0 amide bonds. The molecule has 0 unspecified atom stereocenters. The van der Waals surface area contributed by atoms with Gasteiger partial charge >= 0.3 is 0 Å². The molecule has 1 fully saturated rings. The van der Waals surface area contributed by atoms with Crippen molar-refractivity contribution in [1.29, 1.82) is 0 Å². The van der Waals surface area contributed by atoms with Crippen LogP contribution in [0.3, 0.4) is 0 Å². The number of hydrogen-bond acceptors (Lipinski definition) is 3. The van der Waals surface area contributed by atoms with Gasteiger partial charge in [0.05, 0.1) is 4.90 Å². The highest BCUT2D eigenvalue weighted by molar-refractivity contribution is 7.89. The van der Waals surface area contributed by atoms with E-state index in [4.69, 9.17) is 5.73 Å². The molecular formula is C16H26N2O2S. The summed E-state index contributed by atoms with van der Waals surface area (Å²) < 4.78 is 27.5. The second kappa shape index (κ2) is 6.90. The summed E-state index contributed by atoms with van der Waals surface area (Å²) in [7, 11) is -3.41. The zero-order valence-electron chi connectivity index (χ0n) is 12.8. The Bertz CT molecular complexity index is 546. The first kappa shape index (κ1) is 16.5. The first-order valence-corrected chi connectivity index (χ1v) is 9.22. The lowest BCUT2D eigenvalue weighted by atomic mass is 9.76. The molecule has 4 nitrogen and oxygen atoms in total. The van der Waals surface area contributed by atoms with Gasteiger partial charge in [-0.2, -0.15) is 0 Å². The maximum atomic E-state index is 12.4. The van der Waals surface area contributed by atoms with E-state index in [1.807, 2.05) is 12.1 Å². The average molecular weight is 310 g/mol. The first-order chi connectivity index (χ1) is 9.95. The molecule has 1 aliphatic carbocycles. The van der Waals surface area contributed by atoms with Crippen molar-refractivity contribution in [2.45, 2.75) is 50.3 Å². The van der Waals surface area contributed by atoms with Gasteiger partial charge in [0.15, 0.2) is 0 Å². The van der Waals surface area contributed by atoms with Gasteiger partial charge in [-0.05, 0) is 48.9 Å². The topological polar surface area (TPSA) is 72.2 Å². The van der Waals surface area contributed by atoms with E-state index in [0.29, 0.717) is 18.0 Å². The van der Waals surface area contributed by atoms with Crippen molar-refractivity contribution < 1.29 is 8.42 Å². The highest BCUT2D eigenvalue weighted by atomic mass is 32.2. The minimum atomic E-state index is -3.41. The van der Waals surface area contributed by atoms with E-state index in [0.717, 1.165) is 24.8 Å². The number of benzene rings is 1. The molecular weight excluding hydrogens is 284 g/mol. The molecule has 1 aromatic carbocycles. The molecule has 0 radical (unpaired) electrons. The monoisotopic (exact) mass is 310 g/mol. The quantitative estimate of drug-likeness (QED) is 0.847. The van der Waals surface area contributed by atoms with Gasteiger partial charge in [0, 0.05) is 6.54 Å².